The van der Waals surface area contributed by atoms with Crippen LogP contribution in [0.4, 0.5) is 10.1 Å². The standard InChI is InChI=1S/C30H33FN2O5/c1-5-33-25(16-15-23(34)17-24(35)18-26(36)38-4)28(20-11-13-21(31)14-12-20)27(19(2)3)29(33)30(37)32-22-9-7-6-8-10-22/h6-16,19,24,35H,5,17-18H2,1-4H3,(H,32,37). The quantitative estimate of drug-likeness (QED) is 0.254. The fourth-order valence-corrected chi connectivity index (χ4v) is 4.42. The molecule has 1 aromatic heterocycles. The van der Waals surface area contributed by atoms with Crippen LogP contribution in [0.3, 0.4) is 0 Å². The molecule has 0 saturated heterocycles. The first-order chi connectivity index (χ1) is 18.2. The van der Waals surface area contributed by atoms with Crippen LogP contribution in [0.1, 0.15) is 61.3 Å². The third-order valence-corrected chi connectivity index (χ3v) is 6.11. The lowest BCUT2D eigenvalue weighted by molar-refractivity contribution is -0.143. The van der Waals surface area contributed by atoms with Gasteiger partial charge in [0, 0.05) is 29.9 Å². The summed E-state index contributed by atoms with van der Waals surface area (Å²) in [6.07, 6.45) is 1.22. The largest absolute Gasteiger partial charge is 0.469 e. The van der Waals surface area contributed by atoms with Crippen LogP contribution in [0.25, 0.3) is 17.2 Å². The normalized spacial score (nSPS) is 12.1. The lowest BCUT2D eigenvalue weighted by Crippen LogP contribution is -2.19. The molecule has 200 valence electrons. The number of allylic oxidation sites excluding steroid dienone is 1. The van der Waals surface area contributed by atoms with E-state index in [9.17, 15) is 23.9 Å². The average Bonchev–Trinajstić information content (AvgIpc) is 3.23. The van der Waals surface area contributed by atoms with Gasteiger partial charge in [0.1, 0.15) is 11.5 Å². The SMILES string of the molecule is CCn1c(C=CC(=O)CC(O)CC(=O)OC)c(-c2ccc(F)cc2)c(C(C)C)c1C(=O)Nc1ccccc1. The number of aliphatic hydroxyl groups excluding tert-OH is 1. The van der Waals surface area contributed by atoms with E-state index in [0.717, 1.165) is 11.1 Å². The number of aromatic nitrogens is 1. The van der Waals surface area contributed by atoms with E-state index >= 15 is 0 Å². The number of nitrogens with one attached hydrogen (secondary N) is 1. The average molecular weight is 521 g/mol. The minimum atomic E-state index is -1.17. The van der Waals surface area contributed by atoms with Gasteiger partial charge in [0.15, 0.2) is 5.78 Å². The number of methoxy groups -OCH3 is 1. The number of para-hydroxylation sites is 1. The number of aliphatic hydroxyl groups is 1. The van der Waals surface area contributed by atoms with Gasteiger partial charge < -0.3 is 19.7 Å². The van der Waals surface area contributed by atoms with E-state index in [4.69, 9.17) is 0 Å². The van der Waals surface area contributed by atoms with Crippen LogP contribution in [0.15, 0.2) is 60.7 Å². The monoisotopic (exact) mass is 520 g/mol. The summed E-state index contributed by atoms with van der Waals surface area (Å²) in [5, 5.41) is 13.0. The van der Waals surface area contributed by atoms with Gasteiger partial charge in [-0.2, -0.15) is 0 Å². The first kappa shape index (κ1) is 28.5. The predicted octanol–water partition coefficient (Wildman–Crippen LogP) is 5.59. The molecule has 8 heteroatoms. The Bertz CT molecular complexity index is 1310. The Balaban J connectivity index is 2.12. The Labute approximate surface area is 221 Å². The van der Waals surface area contributed by atoms with E-state index in [-0.39, 0.29) is 30.5 Å². The third kappa shape index (κ3) is 6.83. The Morgan fingerprint density at radius 1 is 1.05 bits per heavy atom. The number of hydrogen-bond donors (Lipinski definition) is 2. The summed E-state index contributed by atoms with van der Waals surface area (Å²) in [6.45, 7) is 6.28. The van der Waals surface area contributed by atoms with Gasteiger partial charge in [0.2, 0.25) is 0 Å². The second kappa shape index (κ2) is 13.0. The van der Waals surface area contributed by atoms with Crippen molar-refractivity contribution in [2.45, 2.75) is 52.2 Å². The van der Waals surface area contributed by atoms with Crippen LogP contribution < -0.4 is 5.32 Å². The van der Waals surface area contributed by atoms with Crippen molar-refractivity contribution in [2.75, 3.05) is 12.4 Å². The molecule has 0 saturated carbocycles. The minimum Gasteiger partial charge on any atom is -0.469 e. The molecule has 7 nitrogen and oxygen atoms in total. The Morgan fingerprint density at radius 2 is 1.71 bits per heavy atom. The van der Waals surface area contributed by atoms with Crippen molar-refractivity contribution in [3.05, 3.63) is 83.4 Å². The number of halogens is 1. The van der Waals surface area contributed by atoms with E-state index in [1.54, 1.807) is 30.3 Å². The van der Waals surface area contributed by atoms with Crippen LogP contribution >= 0.6 is 0 Å². The zero-order valence-electron chi connectivity index (χ0n) is 22.0. The molecule has 0 radical (unpaired) electrons. The highest BCUT2D eigenvalue weighted by atomic mass is 19.1. The number of esters is 1. The molecule has 0 aliphatic rings. The first-order valence-corrected chi connectivity index (χ1v) is 12.5. The van der Waals surface area contributed by atoms with Crippen molar-refractivity contribution in [1.29, 1.82) is 0 Å². The van der Waals surface area contributed by atoms with Gasteiger partial charge in [-0.15, -0.1) is 0 Å². The van der Waals surface area contributed by atoms with Crippen molar-refractivity contribution in [3.8, 4) is 11.1 Å². The molecule has 1 atom stereocenters. The van der Waals surface area contributed by atoms with Gasteiger partial charge in [-0.05, 0) is 60.4 Å². The fourth-order valence-electron chi connectivity index (χ4n) is 4.42. The van der Waals surface area contributed by atoms with E-state index < -0.39 is 17.9 Å². The minimum absolute atomic E-state index is 0.0795. The smallest absolute Gasteiger partial charge is 0.308 e. The summed E-state index contributed by atoms with van der Waals surface area (Å²) in [7, 11) is 1.21. The number of carbonyl (C=O) groups excluding carboxylic acids is 3. The zero-order chi connectivity index (χ0) is 27.8. The topological polar surface area (TPSA) is 97.6 Å². The van der Waals surface area contributed by atoms with E-state index in [1.165, 1.54) is 25.3 Å². The zero-order valence-corrected chi connectivity index (χ0v) is 22.0. The van der Waals surface area contributed by atoms with Crippen LogP contribution in [-0.2, 0) is 20.9 Å². The summed E-state index contributed by atoms with van der Waals surface area (Å²) in [5.41, 5.74) is 3.89. The van der Waals surface area contributed by atoms with E-state index in [0.29, 0.717) is 29.2 Å². The Hall–Kier alpha value is -4.04. The van der Waals surface area contributed by atoms with Gasteiger partial charge in [-0.1, -0.05) is 44.2 Å². The number of ketones is 1. The van der Waals surface area contributed by atoms with E-state index in [2.05, 4.69) is 10.1 Å². The van der Waals surface area contributed by atoms with Crippen molar-refractivity contribution < 1.29 is 28.6 Å². The molecule has 38 heavy (non-hydrogen) atoms. The maximum absolute atomic E-state index is 13.8. The van der Waals surface area contributed by atoms with Crippen molar-refractivity contribution >= 4 is 29.4 Å². The Kier molecular flexibility index (Phi) is 9.73. The molecular weight excluding hydrogens is 487 g/mol. The summed E-state index contributed by atoms with van der Waals surface area (Å²) in [6, 6.07) is 15.1. The number of benzene rings is 2. The molecule has 3 rings (SSSR count). The number of rotatable bonds is 11. The number of nitrogens with zero attached hydrogens (tertiary/aromatic N) is 1. The summed E-state index contributed by atoms with van der Waals surface area (Å²) >= 11 is 0. The number of amides is 1. The van der Waals surface area contributed by atoms with E-state index in [1.807, 2.05) is 43.5 Å². The van der Waals surface area contributed by atoms with Crippen LogP contribution in [-0.4, -0.2) is 40.5 Å². The van der Waals surface area contributed by atoms with Gasteiger partial charge in [0.25, 0.3) is 5.91 Å². The van der Waals surface area contributed by atoms with Gasteiger partial charge in [-0.25, -0.2) is 4.39 Å². The molecule has 0 spiro atoms. The van der Waals surface area contributed by atoms with Crippen molar-refractivity contribution in [3.63, 3.8) is 0 Å². The van der Waals surface area contributed by atoms with Gasteiger partial charge in [0.05, 0.1) is 19.6 Å². The van der Waals surface area contributed by atoms with Crippen LogP contribution in [0, 0.1) is 5.82 Å². The second-order valence-electron chi connectivity index (χ2n) is 9.19. The highest BCUT2D eigenvalue weighted by Crippen LogP contribution is 2.39. The highest BCUT2D eigenvalue weighted by Gasteiger charge is 2.28. The third-order valence-electron chi connectivity index (χ3n) is 6.11. The highest BCUT2D eigenvalue weighted by molar-refractivity contribution is 6.07. The molecule has 3 aromatic rings. The summed E-state index contributed by atoms with van der Waals surface area (Å²) < 4.78 is 20.2. The van der Waals surface area contributed by atoms with Crippen LogP contribution in [0.2, 0.25) is 0 Å². The lowest BCUT2D eigenvalue weighted by atomic mass is 9.92. The van der Waals surface area contributed by atoms with Crippen LogP contribution in [0.5, 0.6) is 0 Å². The maximum atomic E-state index is 13.8. The number of carbonyl (C=O) groups is 3. The number of hydrogen-bond acceptors (Lipinski definition) is 5. The first-order valence-electron chi connectivity index (χ1n) is 12.5. The van der Waals surface area contributed by atoms with Gasteiger partial charge in [-0.3, -0.25) is 14.4 Å². The van der Waals surface area contributed by atoms with Crippen molar-refractivity contribution in [2.24, 2.45) is 0 Å². The number of anilines is 1. The fraction of sp³-hybridized carbons (Fsp3) is 0.300. The van der Waals surface area contributed by atoms with Crippen molar-refractivity contribution in [1.82, 2.24) is 4.57 Å². The molecule has 0 aliphatic carbocycles. The second-order valence-corrected chi connectivity index (χ2v) is 9.19. The maximum Gasteiger partial charge on any atom is 0.308 e. The number of ether oxygens (including phenoxy) is 1. The van der Waals surface area contributed by atoms with Gasteiger partial charge >= 0.3 is 5.97 Å². The summed E-state index contributed by atoms with van der Waals surface area (Å²) in [5.74, 6) is -1.77. The molecule has 0 bridgehead atoms. The predicted molar refractivity (Wildman–Crippen MR) is 145 cm³/mol. The lowest BCUT2D eigenvalue weighted by Gasteiger charge is -2.13. The molecule has 2 N–H and O–H groups in total. The molecule has 0 aliphatic heterocycles. The summed E-state index contributed by atoms with van der Waals surface area (Å²) in [4.78, 5) is 37.7. The molecule has 2 aromatic carbocycles. The molecular formula is C30H33FN2O5. The molecule has 0 fully saturated rings. The molecule has 1 unspecified atom stereocenters. The Morgan fingerprint density at radius 3 is 2.29 bits per heavy atom. The molecule has 1 heterocycles. The molecule has 1 amide bonds.